The Balaban J connectivity index is 1.70. The molecule has 1 atom stereocenters. The first-order valence-corrected chi connectivity index (χ1v) is 9.15. The second-order valence-electron chi connectivity index (χ2n) is 7.79. The number of nitrogens with one attached hydrogen (secondary N) is 1. The summed E-state index contributed by atoms with van der Waals surface area (Å²) in [7, 11) is 0. The van der Waals surface area contributed by atoms with Crippen LogP contribution in [0.15, 0.2) is 42.7 Å². The number of amides is 1. The van der Waals surface area contributed by atoms with Crippen molar-refractivity contribution in [2.45, 2.75) is 45.4 Å². The molecule has 0 saturated carbocycles. The normalized spacial score (nSPS) is 18.7. The lowest BCUT2D eigenvalue weighted by molar-refractivity contribution is -0.00257. The molecule has 0 radical (unpaired) electrons. The van der Waals surface area contributed by atoms with E-state index in [4.69, 9.17) is 4.74 Å². The Morgan fingerprint density at radius 3 is 2.69 bits per heavy atom. The summed E-state index contributed by atoms with van der Waals surface area (Å²) in [5.41, 5.74) is 0.794. The molecule has 2 aromatic rings. The number of H-pyrrole nitrogens is 1. The van der Waals surface area contributed by atoms with Gasteiger partial charge >= 0.3 is 6.09 Å². The van der Waals surface area contributed by atoms with Crippen LogP contribution in [0.2, 0.25) is 0 Å². The monoisotopic (exact) mass is 356 g/mol. The summed E-state index contributed by atoms with van der Waals surface area (Å²) in [5, 5.41) is 0. The lowest BCUT2D eigenvalue weighted by Gasteiger charge is -2.41. The molecule has 3 rings (SSSR count). The first-order chi connectivity index (χ1) is 12.4. The van der Waals surface area contributed by atoms with Gasteiger partial charge in [0, 0.05) is 45.0 Å². The molecule has 1 aromatic heterocycles. The molecule has 1 fully saturated rings. The van der Waals surface area contributed by atoms with E-state index in [1.807, 2.05) is 37.9 Å². The molecule has 0 unspecified atom stereocenters. The van der Waals surface area contributed by atoms with E-state index in [0.29, 0.717) is 13.0 Å². The summed E-state index contributed by atoms with van der Waals surface area (Å²) in [6.45, 7) is 8.89. The van der Waals surface area contributed by atoms with Crippen molar-refractivity contribution in [3.8, 4) is 0 Å². The Bertz CT molecular complexity index is 694. The van der Waals surface area contributed by atoms with Crippen molar-refractivity contribution in [1.82, 2.24) is 19.8 Å². The molecule has 26 heavy (non-hydrogen) atoms. The summed E-state index contributed by atoms with van der Waals surface area (Å²) in [5.74, 6) is 0.894. The fourth-order valence-corrected chi connectivity index (χ4v) is 3.27. The van der Waals surface area contributed by atoms with Crippen molar-refractivity contribution in [3.63, 3.8) is 0 Å². The molecule has 1 saturated heterocycles. The molecule has 0 aliphatic carbocycles. The summed E-state index contributed by atoms with van der Waals surface area (Å²) in [6, 6.07) is 10.5. The maximum Gasteiger partial charge on any atom is 0.410 e. The van der Waals surface area contributed by atoms with Crippen molar-refractivity contribution in [3.05, 3.63) is 54.1 Å². The number of benzene rings is 1. The van der Waals surface area contributed by atoms with Gasteiger partial charge in [-0.15, -0.1) is 0 Å². The van der Waals surface area contributed by atoms with Gasteiger partial charge in [0.05, 0.1) is 6.04 Å². The van der Waals surface area contributed by atoms with Gasteiger partial charge in [-0.2, -0.15) is 0 Å². The Kier molecular flexibility index (Phi) is 5.61. The third kappa shape index (κ3) is 5.08. The lowest BCUT2D eigenvalue weighted by Crippen LogP contribution is -2.56. The number of ether oxygens (including phenoxy) is 1. The molecule has 0 spiro atoms. The lowest BCUT2D eigenvalue weighted by atomic mass is 10.1. The van der Waals surface area contributed by atoms with Crippen LogP contribution in [0.4, 0.5) is 4.79 Å². The smallest absolute Gasteiger partial charge is 0.410 e. The highest BCUT2D eigenvalue weighted by atomic mass is 16.6. The van der Waals surface area contributed by atoms with Crippen molar-refractivity contribution in [1.29, 1.82) is 0 Å². The molecule has 140 valence electrons. The number of aromatic amines is 1. The number of hydrogen-bond acceptors (Lipinski definition) is 4. The molecule has 6 heteroatoms. The molecule has 1 amide bonds. The minimum absolute atomic E-state index is 0.0356. The number of hydrogen-bond donors (Lipinski definition) is 1. The largest absolute Gasteiger partial charge is 0.444 e. The quantitative estimate of drug-likeness (QED) is 0.914. The molecular formula is C20H28N4O2. The van der Waals surface area contributed by atoms with E-state index in [-0.39, 0.29) is 12.1 Å². The number of imidazole rings is 1. The van der Waals surface area contributed by atoms with Crippen molar-refractivity contribution in [2.24, 2.45) is 0 Å². The van der Waals surface area contributed by atoms with Gasteiger partial charge < -0.3 is 14.6 Å². The number of aromatic nitrogens is 2. The zero-order valence-electron chi connectivity index (χ0n) is 15.8. The average molecular weight is 356 g/mol. The van der Waals surface area contributed by atoms with Crippen LogP contribution in [0, 0.1) is 0 Å². The van der Waals surface area contributed by atoms with E-state index < -0.39 is 5.60 Å². The average Bonchev–Trinajstić information content (AvgIpc) is 3.07. The second-order valence-corrected chi connectivity index (χ2v) is 7.79. The standard InChI is InChI=1S/C20H28N4O2/c1-20(2,3)26-19(25)24-12-11-23(14-16-7-5-4-6-8-16)15-17(24)13-18-21-9-10-22-18/h4-10,17H,11-15H2,1-3H3,(H,21,22)/t17-/m0/s1. The predicted molar refractivity (Wildman–Crippen MR) is 101 cm³/mol. The second kappa shape index (κ2) is 7.91. The zero-order valence-corrected chi connectivity index (χ0v) is 15.8. The van der Waals surface area contributed by atoms with Gasteiger partial charge in [-0.25, -0.2) is 9.78 Å². The van der Waals surface area contributed by atoms with Crippen molar-refractivity contribution in [2.75, 3.05) is 19.6 Å². The van der Waals surface area contributed by atoms with E-state index in [1.54, 1.807) is 6.20 Å². The topological polar surface area (TPSA) is 61.5 Å². The van der Waals surface area contributed by atoms with E-state index >= 15 is 0 Å². The van der Waals surface area contributed by atoms with Crippen LogP contribution in [-0.4, -0.2) is 57.1 Å². The van der Waals surface area contributed by atoms with Gasteiger partial charge in [0.25, 0.3) is 0 Å². The van der Waals surface area contributed by atoms with Crippen LogP contribution in [0.5, 0.6) is 0 Å². The Hall–Kier alpha value is -2.34. The molecule has 2 heterocycles. The van der Waals surface area contributed by atoms with Gasteiger partial charge in [0.2, 0.25) is 0 Å². The van der Waals surface area contributed by atoms with E-state index in [0.717, 1.165) is 25.5 Å². The van der Waals surface area contributed by atoms with Crippen molar-refractivity contribution >= 4 is 6.09 Å². The number of piperazine rings is 1. The van der Waals surface area contributed by atoms with E-state index in [9.17, 15) is 4.79 Å². The fourth-order valence-electron chi connectivity index (χ4n) is 3.27. The van der Waals surface area contributed by atoms with Gasteiger partial charge in [-0.05, 0) is 26.3 Å². The summed E-state index contributed by atoms with van der Waals surface area (Å²) < 4.78 is 5.62. The molecule has 1 aromatic carbocycles. The molecule has 1 aliphatic rings. The number of carbonyl (C=O) groups is 1. The van der Waals surface area contributed by atoms with Crippen LogP contribution in [0.1, 0.15) is 32.2 Å². The van der Waals surface area contributed by atoms with Crippen LogP contribution in [0.3, 0.4) is 0 Å². The molecule has 0 bridgehead atoms. The van der Waals surface area contributed by atoms with E-state index in [1.165, 1.54) is 5.56 Å². The zero-order chi connectivity index (χ0) is 18.6. The summed E-state index contributed by atoms with van der Waals surface area (Å²) in [4.78, 5) is 24.4. The van der Waals surface area contributed by atoms with Crippen molar-refractivity contribution < 1.29 is 9.53 Å². The van der Waals surface area contributed by atoms with Crippen LogP contribution in [-0.2, 0) is 17.7 Å². The Morgan fingerprint density at radius 2 is 2.04 bits per heavy atom. The Morgan fingerprint density at radius 1 is 1.27 bits per heavy atom. The van der Waals surface area contributed by atoms with Crippen LogP contribution < -0.4 is 0 Å². The number of nitrogens with zero attached hydrogens (tertiary/aromatic N) is 3. The third-order valence-corrected chi connectivity index (χ3v) is 4.43. The highest BCUT2D eigenvalue weighted by molar-refractivity contribution is 5.68. The van der Waals surface area contributed by atoms with E-state index in [2.05, 4.69) is 39.1 Å². The van der Waals surface area contributed by atoms with Gasteiger partial charge in [0.1, 0.15) is 11.4 Å². The Labute approximate surface area is 155 Å². The maximum absolute atomic E-state index is 12.7. The first kappa shape index (κ1) is 18.5. The minimum Gasteiger partial charge on any atom is -0.444 e. The highest BCUT2D eigenvalue weighted by Crippen LogP contribution is 2.19. The summed E-state index contributed by atoms with van der Waals surface area (Å²) >= 11 is 0. The third-order valence-electron chi connectivity index (χ3n) is 4.43. The maximum atomic E-state index is 12.7. The molecule has 6 nitrogen and oxygen atoms in total. The molecule has 1 aliphatic heterocycles. The predicted octanol–water partition coefficient (Wildman–Crippen LogP) is 3.07. The highest BCUT2D eigenvalue weighted by Gasteiger charge is 2.33. The minimum atomic E-state index is -0.493. The number of rotatable bonds is 4. The number of carbonyl (C=O) groups excluding carboxylic acids is 1. The van der Waals surface area contributed by atoms with Gasteiger partial charge in [0.15, 0.2) is 0 Å². The fraction of sp³-hybridized carbons (Fsp3) is 0.500. The van der Waals surface area contributed by atoms with Gasteiger partial charge in [-0.3, -0.25) is 4.90 Å². The summed E-state index contributed by atoms with van der Waals surface area (Å²) in [6.07, 6.45) is 4.01. The van der Waals surface area contributed by atoms with Crippen LogP contribution >= 0.6 is 0 Å². The first-order valence-electron chi connectivity index (χ1n) is 9.15. The molecular weight excluding hydrogens is 328 g/mol. The van der Waals surface area contributed by atoms with Crippen LogP contribution in [0.25, 0.3) is 0 Å². The van der Waals surface area contributed by atoms with Gasteiger partial charge in [-0.1, -0.05) is 30.3 Å². The SMILES string of the molecule is CC(C)(C)OC(=O)N1CCN(Cc2ccccc2)C[C@@H]1Cc1ncc[nH]1. The molecule has 1 N–H and O–H groups in total.